The minimum absolute atomic E-state index is 0.136. The van der Waals surface area contributed by atoms with Crippen molar-refractivity contribution in [2.45, 2.75) is 44.8 Å². The SMILES string of the molecule is CC(C)(C)OC(=O)[C@@H](c1ccc([N+](=O)[O-])cc1)[C@@H](N)CC(=O)O. The summed E-state index contributed by atoms with van der Waals surface area (Å²) in [5, 5.41) is 19.6. The minimum Gasteiger partial charge on any atom is -0.481 e. The third-order valence-corrected chi connectivity index (χ3v) is 2.96. The molecule has 0 saturated carbocycles. The molecule has 0 unspecified atom stereocenters. The Bertz CT molecular complexity index is 591. The molecule has 0 bridgehead atoms. The molecule has 0 aromatic heterocycles. The van der Waals surface area contributed by atoms with Gasteiger partial charge in [0.25, 0.3) is 5.69 Å². The van der Waals surface area contributed by atoms with Crippen molar-refractivity contribution in [2.24, 2.45) is 5.73 Å². The normalized spacial score (nSPS) is 13.9. The molecular formula is C15H20N2O6. The second-order valence-corrected chi connectivity index (χ2v) is 6.12. The molecule has 0 aliphatic rings. The fourth-order valence-electron chi connectivity index (χ4n) is 2.05. The summed E-state index contributed by atoms with van der Waals surface area (Å²) in [6.07, 6.45) is -0.430. The first-order chi connectivity index (χ1) is 10.5. The van der Waals surface area contributed by atoms with E-state index in [0.717, 1.165) is 0 Å². The highest BCUT2D eigenvalue weighted by molar-refractivity contribution is 5.81. The van der Waals surface area contributed by atoms with E-state index in [-0.39, 0.29) is 5.69 Å². The zero-order chi connectivity index (χ0) is 17.8. The number of hydrogen-bond acceptors (Lipinski definition) is 6. The molecule has 0 radical (unpaired) electrons. The van der Waals surface area contributed by atoms with Crippen LogP contribution in [-0.4, -0.2) is 33.6 Å². The zero-order valence-electron chi connectivity index (χ0n) is 13.2. The van der Waals surface area contributed by atoms with Gasteiger partial charge < -0.3 is 15.6 Å². The number of esters is 1. The van der Waals surface area contributed by atoms with E-state index < -0.39 is 40.8 Å². The predicted octanol–water partition coefficient (Wildman–Crippen LogP) is 1.82. The molecule has 2 atom stereocenters. The number of aliphatic carboxylic acids is 1. The first-order valence-corrected chi connectivity index (χ1v) is 6.96. The molecule has 3 N–H and O–H groups in total. The van der Waals surface area contributed by atoms with Gasteiger partial charge in [-0.2, -0.15) is 0 Å². The average Bonchev–Trinajstić information content (AvgIpc) is 2.36. The molecular weight excluding hydrogens is 304 g/mol. The Labute approximate surface area is 133 Å². The summed E-state index contributed by atoms with van der Waals surface area (Å²) in [6, 6.07) is 4.23. The maximum Gasteiger partial charge on any atom is 0.315 e. The van der Waals surface area contributed by atoms with Gasteiger partial charge in [-0.1, -0.05) is 12.1 Å². The van der Waals surface area contributed by atoms with Gasteiger partial charge in [0.2, 0.25) is 0 Å². The Hall–Kier alpha value is -2.48. The lowest BCUT2D eigenvalue weighted by atomic mass is 9.89. The highest BCUT2D eigenvalue weighted by Crippen LogP contribution is 2.26. The van der Waals surface area contributed by atoms with Gasteiger partial charge in [0.05, 0.1) is 17.3 Å². The van der Waals surface area contributed by atoms with E-state index in [1.165, 1.54) is 24.3 Å². The van der Waals surface area contributed by atoms with Crippen molar-refractivity contribution in [2.75, 3.05) is 0 Å². The lowest BCUT2D eigenvalue weighted by molar-refractivity contribution is -0.384. The first kappa shape index (κ1) is 18.6. The van der Waals surface area contributed by atoms with E-state index in [9.17, 15) is 19.7 Å². The molecule has 0 amide bonds. The number of carboxylic acid groups (broad SMARTS) is 1. The van der Waals surface area contributed by atoms with Crippen LogP contribution in [0.2, 0.25) is 0 Å². The fraction of sp³-hybridized carbons (Fsp3) is 0.467. The molecule has 1 rings (SSSR count). The van der Waals surface area contributed by atoms with Crippen LogP contribution in [0.4, 0.5) is 5.69 Å². The molecule has 1 aromatic carbocycles. The summed E-state index contributed by atoms with van der Waals surface area (Å²) < 4.78 is 5.29. The molecule has 8 heteroatoms. The van der Waals surface area contributed by atoms with E-state index >= 15 is 0 Å². The van der Waals surface area contributed by atoms with Crippen LogP contribution in [0.25, 0.3) is 0 Å². The van der Waals surface area contributed by atoms with E-state index in [2.05, 4.69) is 0 Å². The van der Waals surface area contributed by atoms with Crippen LogP contribution in [0.5, 0.6) is 0 Å². The van der Waals surface area contributed by atoms with Crippen molar-refractivity contribution in [3.63, 3.8) is 0 Å². The number of carbonyl (C=O) groups excluding carboxylic acids is 1. The summed E-state index contributed by atoms with van der Waals surface area (Å²) in [6.45, 7) is 5.04. The number of carboxylic acids is 1. The number of rotatable bonds is 6. The van der Waals surface area contributed by atoms with Crippen LogP contribution in [0.15, 0.2) is 24.3 Å². The van der Waals surface area contributed by atoms with Gasteiger partial charge >= 0.3 is 11.9 Å². The standard InChI is InChI=1S/C15H20N2O6/c1-15(2,3)23-14(20)13(11(16)8-12(18)19)9-4-6-10(7-5-9)17(21)22/h4-7,11,13H,8,16H2,1-3H3,(H,18,19)/t11-,13-/m0/s1. The monoisotopic (exact) mass is 324 g/mol. The second kappa shape index (κ2) is 7.19. The lowest BCUT2D eigenvalue weighted by Crippen LogP contribution is -2.39. The number of ether oxygens (including phenoxy) is 1. The van der Waals surface area contributed by atoms with Crippen LogP contribution in [0.1, 0.15) is 38.7 Å². The number of nitro groups is 1. The van der Waals surface area contributed by atoms with Crippen molar-refractivity contribution in [1.82, 2.24) is 0 Å². The van der Waals surface area contributed by atoms with Crippen molar-refractivity contribution < 1.29 is 24.4 Å². The molecule has 0 heterocycles. The van der Waals surface area contributed by atoms with Crippen LogP contribution in [0, 0.1) is 10.1 Å². The van der Waals surface area contributed by atoms with Crippen LogP contribution in [-0.2, 0) is 14.3 Å². The number of nitrogens with zero attached hydrogens (tertiary/aromatic N) is 1. The third kappa shape index (κ3) is 5.67. The number of nitro benzene ring substituents is 1. The molecule has 23 heavy (non-hydrogen) atoms. The molecule has 0 saturated heterocycles. The van der Waals surface area contributed by atoms with Crippen molar-refractivity contribution in [3.05, 3.63) is 39.9 Å². The largest absolute Gasteiger partial charge is 0.481 e. The van der Waals surface area contributed by atoms with Gasteiger partial charge in [-0.05, 0) is 26.3 Å². The summed E-state index contributed by atoms with van der Waals surface area (Å²) in [5.41, 5.74) is 5.33. The number of hydrogen-bond donors (Lipinski definition) is 2. The zero-order valence-corrected chi connectivity index (χ0v) is 13.2. The van der Waals surface area contributed by atoms with E-state index in [4.69, 9.17) is 15.6 Å². The third-order valence-electron chi connectivity index (χ3n) is 2.96. The fourth-order valence-corrected chi connectivity index (χ4v) is 2.05. The predicted molar refractivity (Wildman–Crippen MR) is 81.9 cm³/mol. The number of benzene rings is 1. The lowest BCUT2D eigenvalue weighted by Gasteiger charge is -2.27. The maximum atomic E-state index is 12.4. The van der Waals surface area contributed by atoms with Gasteiger partial charge in [-0.15, -0.1) is 0 Å². The Morgan fingerprint density at radius 2 is 1.83 bits per heavy atom. The molecule has 8 nitrogen and oxygen atoms in total. The highest BCUT2D eigenvalue weighted by Gasteiger charge is 2.33. The maximum absolute atomic E-state index is 12.4. The van der Waals surface area contributed by atoms with Gasteiger partial charge in [0, 0.05) is 18.2 Å². The minimum atomic E-state index is -1.15. The topological polar surface area (TPSA) is 133 Å². The Balaban J connectivity index is 3.14. The molecule has 0 spiro atoms. The van der Waals surface area contributed by atoms with Crippen molar-refractivity contribution in [3.8, 4) is 0 Å². The Kier molecular flexibility index (Phi) is 5.80. The highest BCUT2D eigenvalue weighted by atomic mass is 16.6. The van der Waals surface area contributed by atoms with E-state index in [1.54, 1.807) is 20.8 Å². The molecule has 0 aliphatic carbocycles. The first-order valence-electron chi connectivity index (χ1n) is 6.96. The molecule has 0 aliphatic heterocycles. The smallest absolute Gasteiger partial charge is 0.315 e. The van der Waals surface area contributed by atoms with Crippen molar-refractivity contribution in [1.29, 1.82) is 0 Å². The Morgan fingerprint density at radius 3 is 2.22 bits per heavy atom. The second-order valence-electron chi connectivity index (χ2n) is 6.12. The number of nitrogens with two attached hydrogens (primary N) is 1. The van der Waals surface area contributed by atoms with E-state index in [0.29, 0.717) is 5.56 Å². The molecule has 1 aromatic rings. The number of carbonyl (C=O) groups is 2. The molecule has 0 fully saturated rings. The molecule has 126 valence electrons. The summed E-state index contributed by atoms with van der Waals surface area (Å²) in [5.74, 6) is -2.83. The number of non-ortho nitro benzene ring substituents is 1. The van der Waals surface area contributed by atoms with Gasteiger partial charge in [0.15, 0.2) is 0 Å². The average molecular weight is 324 g/mol. The summed E-state index contributed by atoms with van der Waals surface area (Å²) in [7, 11) is 0. The quantitative estimate of drug-likeness (QED) is 0.463. The van der Waals surface area contributed by atoms with Gasteiger partial charge in [0.1, 0.15) is 5.60 Å². The van der Waals surface area contributed by atoms with Gasteiger partial charge in [-0.25, -0.2) is 0 Å². The van der Waals surface area contributed by atoms with Crippen molar-refractivity contribution >= 4 is 17.6 Å². The van der Waals surface area contributed by atoms with Crippen LogP contribution in [0.3, 0.4) is 0 Å². The van der Waals surface area contributed by atoms with Crippen LogP contribution < -0.4 is 5.73 Å². The summed E-state index contributed by atoms with van der Waals surface area (Å²) >= 11 is 0. The van der Waals surface area contributed by atoms with Crippen LogP contribution >= 0.6 is 0 Å². The Morgan fingerprint density at radius 1 is 1.30 bits per heavy atom. The van der Waals surface area contributed by atoms with E-state index in [1.807, 2.05) is 0 Å². The van der Waals surface area contributed by atoms with Gasteiger partial charge in [-0.3, -0.25) is 19.7 Å². The summed E-state index contributed by atoms with van der Waals surface area (Å²) in [4.78, 5) is 33.4.